The van der Waals surface area contributed by atoms with Crippen LogP contribution in [-0.4, -0.2) is 23.7 Å². The molecule has 1 unspecified atom stereocenters. The van der Waals surface area contributed by atoms with Crippen LogP contribution in [0, 0.1) is 0 Å². The molecule has 2 atom stereocenters. The van der Waals surface area contributed by atoms with Crippen LogP contribution in [0.4, 0.5) is 0 Å². The fourth-order valence-electron chi connectivity index (χ4n) is 2.13. The zero-order chi connectivity index (χ0) is 13.8. The van der Waals surface area contributed by atoms with Crippen LogP contribution in [0.5, 0.6) is 5.75 Å². The molecule has 2 rings (SSSR count). The van der Waals surface area contributed by atoms with Crippen molar-refractivity contribution in [1.82, 2.24) is 5.32 Å². The Kier molecular flexibility index (Phi) is 4.82. The van der Waals surface area contributed by atoms with Crippen molar-refractivity contribution in [1.29, 1.82) is 0 Å². The van der Waals surface area contributed by atoms with Crippen LogP contribution >= 0.6 is 15.9 Å². The van der Waals surface area contributed by atoms with E-state index < -0.39 is 12.2 Å². The number of carbonyl (C=O) groups is 1. The predicted molar refractivity (Wildman–Crippen MR) is 76.1 cm³/mol. The van der Waals surface area contributed by atoms with Gasteiger partial charge in [-0.1, -0.05) is 22.0 Å². The van der Waals surface area contributed by atoms with Crippen molar-refractivity contribution >= 4 is 21.8 Å². The van der Waals surface area contributed by atoms with Crippen molar-refractivity contribution in [3.8, 4) is 5.75 Å². The Morgan fingerprint density at radius 1 is 1.47 bits per heavy atom. The molecule has 4 nitrogen and oxygen atoms in total. The monoisotopic (exact) mass is 327 g/mol. The van der Waals surface area contributed by atoms with Crippen molar-refractivity contribution < 1.29 is 14.6 Å². The van der Waals surface area contributed by atoms with Gasteiger partial charge in [0, 0.05) is 16.6 Å². The molecule has 1 aliphatic rings. The van der Waals surface area contributed by atoms with Crippen molar-refractivity contribution in [2.24, 2.45) is 0 Å². The summed E-state index contributed by atoms with van der Waals surface area (Å²) in [5, 5.41) is 12.6. The number of aliphatic hydroxyl groups excluding tert-OH is 1. The van der Waals surface area contributed by atoms with E-state index >= 15 is 0 Å². The van der Waals surface area contributed by atoms with Gasteiger partial charge < -0.3 is 15.2 Å². The fraction of sp³-hybridized carbons (Fsp3) is 0.500. The molecule has 104 valence electrons. The van der Waals surface area contributed by atoms with Crippen LogP contribution in [0.1, 0.15) is 37.9 Å². The van der Waals surface area contributed by atoms with Gasteiger partial charge in [-0.25, -0.2) is 0 Å². The summed E-state index contributed by atoms with van der Waals surface area (Å²) in [6.45, 7) is 2.39. The summed E-state index contributed by atoms with van der Waals surface area (Å²) in [5.41, 5.74) is 0.695. The number of hydrogen-bond donors (Lipinski definition) is 2. The molecule has 5 heteroatoms. The van der Waals surface area contributed by atoms with Gasteiger partial charge in [-0.15, -0.1) is 0 Å². The molecule has 1 aromatic carbocycles. The topological polar surface area (TPSA) is 58.6 Å². The minimum absolute atomic E-state index is 0.0750. The second kappa shape index (κ2) is 6.39. The van der Waals surface area contributed by atoms with Gasteiger partial charge in [0.15, 0.2) is 6.10 Å². The van der Waals surface area contributed by atoms with E-state index in [-0.39, 0.29) is 5.91 Å². The molecule has 0 aromatic heterocycles. The molecular formula is C14H18BrNO3. The molecular weight excluding hydrogens is 310 g/mol. The highest BCUT2D eigenvalue weighted by molar-refractivity contribution is 9.10. The summed E-state index contributed by atoms with van der Waals surface area (Å²) < 4.78 is 6.68. The van der Waals surface area contributed by atoms with Gasteiger partial charge in [0.2, 0.25) is 0 Å². The van der Waals surface area contributed by atoms with E-state index in [1.807, 2.05) is 6.07 Å². The Labute approximate surface area is 121 Å². The number of amides is 1. The maximum Gasteiger partial charge on any atom is 0.261 e. The van der Waals surface area contributed by atoms with Crippen LogP contribution in [0.15, 0.2) is 22.7 Å². The molecule has 1 amide bonds. The standard InChI is InChI=1S/C14H18BrNO3/c1-9(17)11-6-5-10(15)8-13(11)19-12-4-2-3-7-16-14(12)18/h5-6,8-9,12,17H,2-4,7H2,1H3,(H,16,18)/t9-,12?/m1/s1. The molecule has 2 N–H and O–H groups in total. The molecule has 0 spiro atoms. The summed E-state index contributed by atoms with van der Waals surface area (Å²) in [7, 11) is 0. The second-order valence-electron chi connectivity index (χ2n) is 4.75. The minimum atomic E-state index is -0.628. The zero-order valence-electron chi connectivity index (χ0n) is 10.9. The molecule has 19 heavy (non-hydrogen) atoms. The van der Waals surface area contributed by atoms with Gasteiger partial charge >= 0.3 is 0 Å². The molecule has 1 fully saturated rings. The Morgan fingerprint density at radius 3 is 3.00 bits per heavy atom. The number of halogens is 1. The molecule has 0 aliphatic carbocycles. The number of aliphatic hydroxyl groups is 1. The van der Waals surface area contributed by atoms with Gasteiger partial charge in [0.05, 0.1) is 6.10 Å². The van der Waals surface area contributed by atoms with Crippen LogP contribution in [0.2, 0.25) is 0 Å². The Bertz CT molecular complexity index is 462. The third kappa shape index (κ3) is 3.70. The first-order valence-electron chi connectivity index (χ1n) is 6.50. The number of carbonyl (C=O) groups excluding carboxylic acids is 1. The van der Waals surface area contributed by atoms with Crippen LogP contribution in [-0.2, 0) is 4.79 Å². The smallest absolute Gasteiger partial charge is 0.261 e. The molecule has 1 heterocycles. The molecule has 0 bridgehead atoms. The van der Waals surface area contributed by atoms with Gasteiger partial charge in [-0.2, -0.15) is 0 Å². The Morgan fingerprint density at radius 2 is 2.26 bits per heavy atom. The zero-order valence-corrected chi connectivity index (χ0v) is 12.4. The summed E-state index contributed by atoms with van der Waals surface area (Å²) >= 11 is 3.38. The first-order chi connectivity index (χ1) is 9.08. The predicted octanol–water partition coefficient (Wildman–Crippen LogP) is 2.55. The van der Waals surface area contributed by atoms with E-state index in [4.69, 9.17) is 4.74 Å². The maximum absolute atomic E-state index is 11.9. The van der Waals surface area contributed by atoms with E-state index in [2.05, 4.69) is 21.2 Å². The SMILES string of the molecule is C[C@@H](O)c1ccc(Br)cc1OC1CCCCNC1=O. The van der Waals surface area contributed by atoms with Crippen molar-refractivity contribution in [2.75, 3.05) is 6.54 Å². The van der Waals surface area contributed by atoms with Crippen molar-refractivity contribution in [3.63, 3.8) is 0 Å². The van der Waals surface area contributed by atoms with E-state index in [1.165, 1.54) is 0 Å². The van der Waals surface area contributed by atoms with E-state index in [0.717, 1.165) is 17.3 Å². The van der Waals surface area contributed by atoms with Crippen molar-refractivity contribution in [2.45, 2.75) is 38.4 Å². The highest BCUT2D eigenvalue weighted by Gasteiger charge is 2.24. The van der Waals surface area contributed by atoms with Gasteiger partial charge in [0.25, 0.3) is 5.91 Å². The van der Waals surface area contributed by atoms with E-state index in [9.17, 15) is 9.90 Å². The van der Waals surface area contributed by atoms with Crippen LogP contribution < -0.4 is 10.1 Å². The van der Waals surface area contributed by atoms with Gasteiger partial charge in [-0.3, -0.25) is 4.79 Å². The number of rotatable bonds is 3. The molecule has 1 saturated heterocycles. The summed E-state index contributed by atoms with van der Waals surface area (Å²) in [6.07, 6.45) is 1.54. The summed E-state index contributed by atoms with van der Waals surface area (Å²) in [6, 6.07) is 5.45. The average Bonchev–Trinajstić information content (AvgIpc) is 2.55. The second-order valence-corrected chi connectivity index (χ2v) is 5.67. The number of benzene rings is 1. The lowest BCUT2D eigenvalue weighted by molar-refractivity contribution is -0.127. The van der Waals surface area contributed by atoms with E-state index in [0.29, 0.717) is 24.3 Å². The molecule has 1 aliphatic heterocycles. The number of ether oxygens (including phenoxy) is 1. The molecule has 0 saturated carbocycles. The first kappa shape index (κ1) is 14.3. The van der Waals surface area contributed by atoms with Gasteiger partial charge in [-0.05, 0) is 38.3 Å². The number of hydrogen-bond acceptors (Lipinski definition) is 3. The lowest BCUT2D eigenvalue weighted by Crippen LogP contribution is -2.36. The van der Waals surface area contributed by atoms with Crippen molar-refractivity contribution in [3.05, 3.63) is 28.2 Å². The Hall–Kier alpha value is -1.07. The van der Waals surface area contributed by atoms with Crippen LogP contribution in [0.3, 0.4) is 0 Å². The lowest BCUT2D eigenvalue weighted by Gasteiger charge is -2.19. The van der Waals surface area contributed by atoms with Crippen LogP contribution in [0.25, 0.3) is 0 Å². The summed E-state index contributed by atoms with van der Waals surface area (Å²) in [5.74, 6) is 0.487. The largest absolute Gasteiger partial charge is 0.480 e. The highest BCUT2D eigenvalue weighted by atomic mass is 79.9. The normalized spacial score (nSPS) is 21.4. The first-order valence-corrected chi connectivity index (χ1v) is 7.29. The Balaban J connectivity index is 2.21. The maximum atomic E-state index is 11.9. The van der Waals surface area contributed by atoms with Gasteiger partial charge in [0.1, 0.15) is 5.75 Å². The number of nitrogens with one attached hydrogen (secondary N) is 1. The average molecular weight is 328 g/mol. The third-order valence-electron chi connectivity index (χ3n) is 3.18. The third-order valence-corrected chi connectivity index (χ3v) is 3.67. The molecule has 0 radical (unpaired) electrons. The summed E-state index contributed by atoms with van der Waals surface area (Å²) in [4.78, 5) is 11.9. The minimum Gasteiger partial charge on any atom is -0.480 e. The van der Waals surface area contributed by atoms with E-state index in [1.54, 1.807) is 19.1 Å². The molecule has 1 aromatic rings. The quantitative estimate of drug-likeness (QED) is 0.896. The highest BCUT2D eigenvalue weighted by Crippen LogP contribution is 2.30. The lowest BCUT2D eigenvalue weighted by atomic mass is 10.1. The fourth-order valence-corrected chi connectivity index (χ4v) is 2.47.